The number of hydrogen-bond acceptors (Lipinski definition) is 10. The lowest BCUT2D eigenvalue weighted by atomic mass is 9.78. The second-order valence-electron chi connectivity index (χ2n) is 13.3. The number of fused-ring (bicyclic) bond motifs is 1. The molecule has 250 valence electrons. The van der Waals surface area contributed by atoms with Crippen LogP contribution >= 0.6 is 11.3 Å². The molecule has 4 rings (SSSR count). The van der Waals surface area contributed by atoms with Crippen LogP contribution in [0.25, 0.3) is 6.08 Å². The molecule has 1 aliphatic heterocycles. The first-order valence-corrected chi connectivity index (χ1v) is 16.1. The summed E-state index contributed by atoms with van der Waals surface area (Å²) in [4.78, 5) is 56.6. The van der Waals surface area contributed by atoms with Crippen molar-refractivity contribution in [2.24, 2.45) is 4.99 Å². The fourth-order valence-corrected chi connectivity index (χ4v) is 6.50. The standard InChI is InChI=1S/C36H42N2O8S/c1-12-44-33(42)29-19(2)37-34-38(30(29)23-13-14-26(45-20(3)39)27(18-23)43-11)32(41)28(47-34)17-22-15-24(35(5,6)7)31(46-21(4)40)25(16-22)36(8,9)10/h13-18,30H,12H2,1-11H3/b28-17-. The summed E-state index contributed by atoms with van der Waals surface area (Å²) in [5.41, 5.74) is 2.47. The number of aromatic nitrogens is 1. The molecular formula is C36H42N2O8S. The van der Waals surface area contributed by atoms with E-state index in [-0.39, 0.29) is 40.1 Å². The van der Waals surface area contributed by atoms with E-state index in [1.807, 2.05) is 53.7 Å². The number of thiazole rings is 1. The highest BCUT2D eigenvalue weighted by atomic mass is 32.1. The molecule has 2 heterocycles. The number of benzene rings is 2. The van der Waals surface area contributed by atoms with Crippen molar-refractivity contribution in [2.75, 3.05) is 13.7 Å². The molecular weight excluding hydrogens is 620 g/mol. The van der Waals surface area contributed by atoms with Gasteiger partial charge in [0.2, 0.25) is 0 Å². The minimum atomic E-state index is -0.894. The van der Waals surface area contributed by atoms with E-state index in [1.165, 1.54) is 36.9 Å². The molecule has 0 radical (unpaired) electrons. The van der Waals surface area contributed by atoms with Crippen LogP contribution in [-0.2, 0) is 30.0 Å². The molecule has 0 saturated heterocycles. The van der Waals surface area contributed by atoms with E-state index in [9.17, 15) is 19.2 Å². The molecule has 0 N–H and O–H groups in total. The first-order chi connectivity index (χ1) is 21.9. The first-order valence-electron chi connectivity index (χ1n) is 15.3. The Balaban J connectivity index is 2.02. The number of allylic oxidation sites excluding steroid dienone is 1. The Bertz CT molecular complexity index is 1930. The van der Waals surface area contributed by atoms with Gasteiger partial charge >= 0.3 is 17.9 Å². The number of methoxy groups -OCH3 is 1. The van der Waals surface area contributed by atoms with Crippen molar-refractivity contribution in [3.8, 4) is 17.2 Å². The molecule has 11 heteroatoms. The lowest BCUT2D eigenvalue weighted by Crippen LogP contribution is -2.40. The third kappa shape index (κ3) is 7.40. The topological polar surface area (TPSA) is 122 Å². The largest absolute Gasteiger partial charge is 0.493 e. The van der Waals surface area contributed by atoms with Gasteiger partial charge in [0, 0.05) is 25.0 Å². The molecule has 0 aliphatic carbocycles. The Kier molecular flexibility index (Phi) is 10.0. The number of hydrogen-bond donors (Lipinski definition) is 0. The molecule has 0 spiro atoms. The van der Waals surface area contributed by atoms with E-state index in [4.69, 9.17) is 18.9 Å². The van der Waals surface area contributed by atoms with E-state index < -0.39 is 23.9 Å². The summed E-state index contributed by atoms with van der Waals surface area (Å²) < 4.78 is 23.9. The van der Waals surface area contributed by atoms with Crippen LogP contribution in [0, 0.1) is 0 Å². The SMILES string of the molecule is CCOC(=O)C1=C(C)N=c2s/c(=C\c3cc(C(C)(C)C)c(OC(C)=O)c(C(C)(C)C)c3)c(=O)n2C1c1ccc(OC(C)=O)c(OC)c1. The zero-order valence-electron chi connectivity index (χ0n) is 28.8. The van der Waals surface area contributed by atoms with E-state index in [0.717, 1.165) is 16.7 Å². The van der Waals surface area contributed by atoms with Crippen molar-refractivity contribution in [1.29, 1.82) is 0 Å². The minimum Gasteiger partial charge on any atom is -0.493 e. The molecule has 1 aromatic heterocycles. The van der Waals surface area contributed by atoms with Crippen molar-refractivity contribution >= 4 is 35.3 Å². The van der Waals surface area contributed by atoms with Crippen molar-refractivity contribution in [2.45, 2.75) is 86.1 Å². The fraction of sp³-hybridized carbons (Fsp3) is 0.417. The van der Waals surface area contributed by atoms with Crippen LogP contribution in [0.3, 0.4) is 0 Å². The van der Waals surface area contributed by atoms with Gasteiger partial charge in [0.15, 0.2) is 16.3 Å². The van der Waals surface area contributed by atoms with Crippen molar-refractivity contribution < 1.29 is 33.3 Å². The van der Waals surface area contributed by atoms with E-state index >= 15 is 0 Å². The Morgan fingerprint density at radius 1 is 0.936 bits per heavy atom. The predicted molar refractivity (Wildman–Crippen MR) is 180 cm³/mol. The van der Waals surface area contributed by atoms with Gasteiger partial charge < -0.3 is 18.9 Å². The molecule has 0 fully saturated rings. The summed E-state index contributed by atoms with van der Waals surface area (Å²) in [6.07, 6.45) is 1.80. The number of carbonyl (C=O) groups is 3. The summed E-state index contributed by atoms with van der Waals surface area (Å²) in [7, 11) is 1.44. The van der Waals surface area contributed by atoms with E-state index in [1.54, 1.807) is 38.1 Å². The summed E-state index contributed by atoms with van der Waals surface area (Å²) in [5, 5.41) is 0. The quantitative estimate of drug-likeness (QED) is 0.248. The molecule has 3 aromatic rings. The van der Waals surface area contributed by atoms with Gasteiger partial charge in [0.1, 0.15) is 5.75 Å². The van der Waals surface area contributed by atoms with Crippen LogP contribution < -0.4 is 29.1 Å². The smallest absolute Gasteiger partial charge is 0.338 e. The van der Waals surface area contributed by atoms with Crippen molar-refractivity contribution in [3.63, 3.8) is 0 Å². The first kappa shape index (κ1) is 35.3. The summed E-state index contributed by atoms with van der Waals surface area (Å²) in [5.74, 6) is -0.533. The lowest BCUT2D eigenvalue weighted by molar-refractivity contribution is -0.139. The van der Waals surface area contributed by atoms with Gasteiger partial charge in [-0.2, -0.15) is 0 Å². The molecule has 1 atom stereocenters. The van der Waals surface area contributed by atoms with Gasteiger partial charge in [-0.15, -0.1) is 0 Å². The van der Waals surface area contributed by atoms with E-state index in [2.05, 4.69) is 4.99 Å². The third-order valence-corrected chi connectivity index (χ3v) is 8.53. The highest BCUT2D eigenvalue weighted by molar-refractivity contribution is 7.07. The maximum atomic E-state index is 14.3. The Morgan fingerprint density at radius 3 is 2.04 bits per heavy atom. The third-order valence-electron chi connectivity index (χ3n) is 7.54. The predicted octanol–water partition coefficient (Wildman–Crippen LogP) is 5.25. The summed E-state index contributed by atoms with van der Waals surface area (Å²) in [6.45, 7) is 18.5. The average Bonchev–Trinajstić information content (AvgIpc) is 3.25. The van der Waals surface area contributed by atoms with Crippen LogP contribution in [0.15, 0.2) is 51.4 Å². The monoisotopic (exact) mass is 662 g/mol. The zero-order chi connectivity index (χ0) is 35.0. The molecule has 1 aliphatic rings. The van der Waals surface area contributed by atoms with Crippen LogP contribution in [0.4, 0.5) is 0 Å². The number of nitrogens with zero attached hydrogens (tertiary/aromatic N) is 2. The molecule has 47 heavy (non-hydrogen) atoms. The second-order valence-corrected chi connectivity index (χ2v) is 14.4. The van der Waals surface area contributed by atoms with Gasteiger partial charge in [-0.3, -0.25) is 19.0 Å². The molecule has 1 unspecified atom stereocenters. The molecule has 0 saturated carbocycles. The number of ether oxygens (including phenoxy) is 4. The Hall–Kier alpha value is -4.51. The van der Waals surface area contributed by atoms with Crippen molar-refractivity contribution in [1.82, 2.24) is 4.57 Å². The van der Waals surface area contributed by atoms with Crippen LogP contribution in [0.2, 0.25) is 0 Å². The lowest BCUT2D eigenvalue weighted by Gasteiger charge is -2.29. The molecule has 0 bridgehead atoms. The zero-order valence-corrected chi connectivity index (χ0v) is 29.6. The second kappa shape index (κ2) is 13.3. The molecule has 2 aromatic carbocycles. The highest BCUT2D eigenvalue weighted by Gasteiger charge is 2.34. The maximum Gasteiger partial charge on any atom is 0.338 e. The van der Waals surface area contributed by atoms with Gasteiger partial charge in [-0.05, 0) is 66.1 Å². The highest BCUT2D eigenvalue weighted by Crippen LogP contribution is 2.41. The average molecular weight is 663 g/mol. The summed E-state index contributed by atoms with van der Waals surface area (Å²) in [6, 6.07) is 7.87. The normalized spacial score (nSPS) is 15.1. The maximum absolute atomic E-state index is 14.3. The van der Waals surface area contributed by atoms with E-state index in [0.29, 0.717) is 26.3 Å². The van der Waals surface area contributed by atoms with Gasteiger partial charge in [0.05, 0.1) is 35.6 Å². The van der Waals surface area contributed by atoms with Crippen LogP contribution in [-0.4, -0.2) is 36.2 Å². The fourth-order valence-electron chi connectivity index (χ4n) is 5.45. The van der Waals surface area contributed by atoms with Crippen molar-refractivity contribution in [3.05, 3.63) is 83.5 Å². The Labute approximate surface area is 278 Å². The summed E-state index contributed by atoms with van der Waals surface area (Å²) >= 11 is 1.21. The number of carbonyl (C=O) groups excluding carboxylic acids is 3. The minimum absolute atomic E-state index is 0.136. The van der Waals surface area contributed by atoms with Crippen LogP contribution in [0.1, 0.15) is 97.5 Å². The molecule has 0 amide bonds. The van der Waals surface area contributed by atoms with Gasteiger partial charge in [-0.25, -0.2) is 9.79 Å². The number of esters is 3. The van der Waals surface area contributed by atoms with Gasteiger partial charge in [0.25, 0.3) is 5.56 Å². The molecule has 10 nitrogen and oxygen atoms in total. The van der Waals surface area contributed by atoms with Crippen LogP contribution in [0.5, 0.6) is 17.2 Å². The Morgan fingerprint density at radius 2 is 1.53 bits per heavy atom. The number of rotatable bonds is 7. The van der Waals surface area contributed by atoms with Gasteiger partial charge in [-0.1, -0.05) is 58.9 Å².